The third kappa shape index (κ3) is 1.40. The number of anilines is 1. The quantitative estimate of drug-likeness (QED) is 0.482. The summed E-state index contributed by atoms with van der Waals surface area (Å²) in [6.07, 6.45) is 1.84. The highest BCUT2D eigenvalue weighted by molar-refractivity contribution is 7.98. The highest BCUT2D eigenvalue weighted by Gasteiger charge is 2.17. The van der Waals surface area contributed by atoms with Gasteiger partial charge in [-0.2, -0.15) is 5.10 Å². The molecule has 0 aliphatic rings. The van der Waals surface area contributed by atoms with E-state index in [9.17, 15) is 0 Å². The summed E-state index contributed by atoms with van der Waals surface area (Å²) < 4.78 is 1.41. The van der Waals surface area contributed by atoms with Crippen LogP contribution < -0.4 is 5.73 Å². The van der Waals surface area contributed by atoms with Gasteiger partial charge in [0.25, 0.3) is 5.69 Å². The van der Waals surface area contributed by atoms with Crippen LogP contribution in [0.4, 0.5) is 11.5 Å². The number of fused-ring (bicyclic) bond motifs is 1. The number of aromatic nitrogens is 3. The van der Waals surface area contributed by atoms with Gasteiger partial charge in [0.05, 0.1) is 12.3 Å². The lowest BCUT2D eigenvalue weighted by atomic mass is 10.4. The van der Waals surface area contributed by atoms with Gasteiger partial charge in [0, 0.05) is 0 Å². The number of thioether (sulfide) groups is 1. The second kappa shape index (κ2) is 3.85. The van der Waals surface area contributed by atoms with Crippen molar-refractivity contribution in [2.45, 2.75) is 11.9 Å². The second-order valence-corrected chi connectivity index (χ2v) is 4.27. The number of hydrogen-bond donors (Lipinski definition) is 1. The molecule has 0 saturated heterocycles. The summed E-state index contributed by atoms with van der Waals surface area (Å²) >= 11 is 7.41. The van der Waals surface area contributed by atoms with E-state index in [-0.39, 0.29) is 5.82 Å². The number of rotatable bonds is 1. The Bertz CT molecular complexity index is 613. The molecular weight excluding hydrogens is 246 g/mol. The van der Waals surface area contributed by atoms with Gasteiger partial charge in [-0.05, 0) is 13.2 Å². The first-order valence-electron chi connectivity index (χ1n) is 4.36. The summed E-state index contributed by atoms with van der Waals surface area (Å²) in [5.74, 6) is 0.277. The summed E-state index contributed by atoms with van der Waals surface area (Å²) in [5, 5.41) is 5.18. The molecule has 0 radical (unpaired) electrons. The molecule has 2 aromatic heterocycles. The molecule has 2 N–H and O–H groups in total. The molecule has 2 aromatic rings. The monoisotopic (exact) mass is 253 g/mol. The lowest BCUT2D eigenvalue weighted by Gasteiger charge is -2.05. The van der Waals surface area contributed by atoms with Crippen LogP contribution in [0.3, 0.4) is 0 Å². The van der Waals surface area contributed by atoms with Crippen molar-refractivity contribution in [2.24, 2.45) is 0 Å². The van der Waals surface area contributed by atoms with E-state index in [4.69, 9.17) is 23.9 Å². The van der Waals surface area contributed by atoms with Crippen LogP contribution in [0, 0.1) is 13.5 Å². The average Bonchev–Trinajstić information content (AvgIpc) is 2.56. The molecule has 0 saturated carbocycles. The number of hydrogen-bond acceptors (Lipinski definition) is 4. The molecule has 0 spiro atoms. The summed E-state index contributed by atoms with van der Waals surface area (Å²) in [6.45, 7) is 8.85. The largest absolute Gasteiger partial charge is 0.392 e. The molecule has 0 fully saturated rings. The predicted molar refractivity (Wildman–Crippen MR) is 65.2 cm³/mol. The summed E-state index contributed by atoms with van der Waals surface area (Å²) in [4.78, 5) is 7.65. The van der Waals surface area contributed by atoms with Crippen LogP contribution in [0.15, 0.2) is 5.03 Å². The van der Waals surface area contributed by atoms with Crippen molar-refractivity contribution < 1.29 is 0 Å². The van der Waals surface area contributed by atoms with E-state index in [0.717, 1.165) is 0 Å². The first-order valence-corrected chi connectivity index (χ1v) is 5.96. The number of nitrogens with two attached hydrogens (primary N) is 1. The van der Waals surface area contributed by atoms with Crippen LogP contribution in [-0.4, -0.2) is 20.9 Å². The van der Waals surface area contributed by atoms with Gasteiger partial charge in [-0.15, -0.1) is 11.8 Å². The molecule has 5 nitrogen and oxygen atoms in total. The summed E-state index contributed by atoms with van der Waals surface area (Å²) in [7, 11) is 0. The zero-order valence-corrected chi connectivity index (χ0v) is 10.2. The SMILES string of the molecule is [C-]#[N+]c1c(SC)nc2c(Cl)c(C)nn2c1N. The molecule has 0 aliphatic carbocycles. The van der Waals surface area contributed by atoms with E-state index in [1.54, 1.807) is 6.92 Å². The Balaban J connectivity index is 2.94. The molecular formula is C9H8ClN5S. The Morgan fingerprint density at radius 1 is 1.56 bits per heavy atom. The summed E-state index contributed by atoms with van der Waals surface area (Å²) in [5.41, 5.74) is 7.32. The van der Waals surface area contributed by atoms with E-state index >= 15 is 0 Å². The number of aryl methyl sites for hydroxylation is 1. The maximum Gasteiger partial charge on any atom is 0.259 e. The van der Waals surface area contributed by atoms with Gasteiger partial charge < -0.3 is 5.73 Å². The van der Waals surface area contributed by atoms with Crippen LogP contribution in [0.25, 0.3) is 10.5 Å². The molecule has 0 bridgehead atoms. The van der Waals surface area contributed by atoms with Gasteiger partial charge in [-0.3, -0.25) is 0 Å². The molecule has 2 heterocycles. The molecule has 2 rings (SSSR count). The van der Waals surface area contributed by atoms with Crippen molar-refractivity contribution in [3.8, 4) is 0 Å². The Hall–Kier alpha value is -1.45. The summed E-state index contributed by atoms with van der Waals surface area (Å²) in [6, 6.07) is 0. The van der Waals surface area contributed by atoms with Crippen molar-refractivity contribution in [1.29, 1.82) is 0 Å². The molecule has 0 aliphatic heterocycles. The Morgan fingerprint density at radius 3 is 2.81 bits per heavy atom. The zero-order valence-electron chi connectivity index (χ0n) is 8.65. The zero-order chi connectivity index (χ0) is 11.9. The lowest BCUT2D eigenvalue weighted by Crippen LogP contribution is -2.01. The Kier molecular flexibility index (Phi) is 2.66. The standard InChI is InChI=1S/C9H8ClN5S/c1-4-5(10)8-13-9(16-3)6(12-2)7(11)15(8)14-4/h11H2,1,3H3. The highest BCUT2D eigenvalue weighted by Crippen LogP contribution is 2.34. The fraction of sp³-hybridized carbons (Fsp3) is 0.222. The fourth-order valence-electron chi connectivity index (χ4n) is 1.37. The van der Waals surface area contributed by atoms with Crippen LogP contribution in [0.1, 0.15) is 5.69 Å². The van der Waals surface area contributed by atoms with Crippen molar-refractivity contribution in [1.82, 2.24) is 14.6 Å². The van der Waals surface area contributed by atoms with Crippen LogP contribution in [0.5, 0.6) is 0 Å². The topological polar surface area (TPSA) is 60.6 Å². The first-order chi connectivity index (χ1) is 7.60. The Morgan fingerprint density at radius 2 is 2.25 bits per heavy atom. The van der Waals surface area contributed by atoms with Gasteiger partial charge >= 0.3 is 0 Å². The minimum Gasteiger partial charge on any atom is -0.392 e. The molecule has 0 amide bonds. The second-order valence-electron chi connectivity index (χ2n) is 3.10. The van der Waals surface area contributed by atoms with Crippen LogP contribution in [-0.2, 0) is 0 Å². The normalized spacial score (nSPS) is 10.6. The van der Waals surface area contributed by atoms with Crippen LogP contribution >= 0.6 is 23.4 Å². The molecule has 0 aromatic carbocycles. The van der Waals surface area contributed by atoms with Gasteiger partial charge in [0.1, 0.15) is 15.9 Å². The van der Waals surface area contributed by atoms with Crippen molar-refractivity contribution in [3.05, 3.63) is 22.1 Å². The predicted octanol–water partition coefficient (Wildman–Crippen LogP) is 2.55. The van der Waals surface area contributed by atoms with Crippen LogP contribution in [0.2, 0.25) is 5.02 Å². The van der Waals surface area contributed by atoms with E-state index < -0.39 is 0 Å². The minimum absolute atomic E-state index is 0.277. The number of nitrogen functional groups attached to an aromatic ring is 1. The van der Waals surface area contributed by atoms with E-state index in [2.05, 4.69) is 14.9 Å². The molecule has 82 valence electrons. The highest BCUT2D eigenvalue weighted by atomic mass is 35.5. The number of halogens is 1. The van der Waals surface area contributed by atoms with E-state index in [0.29, 0.717) is 27.1 Å². The van der Waals surface area contributed by atoms with E-state index in [1.807, 2.05) is 6.26 Å². The number of nitrogens with zero attached hydrogens (tertiary/aromatic N) is 4. The average molecular weight is 254 g/mol. The lowest BCUT2D eigenvalue weighted by molar-refractivity contribution is 0.916. The maximum absolute atomic E-state index is 7.08. The third-order valence-corrected chi connectivity index (χ3v) is 3.26. The van der Waals surface area contributed by atoms with Gasteiger partial charge in [0.2, 0.25) is 0 Å². The smallest absolute Gasteiger partial charge is 0.259 e. The van der Waals surface area contributed by atoms with Gasteiger partial charge in [0.15, 0.2) is 5.65 Å². The molecule has 0 unspecified atom stereocenters. The third-order valence-electron chi connectivity index (χ3n) is 2.15. The van der Waals surface area contributed by atoms with Crippen molar-refractivity contribution >= 4 is 40.5 Å². The molecule has 16 heavy (non-hydrogen) atoms. The minimum atomic E-state index is 0.277. The van der Waals surface area contributed by atoms with Crippen molar-refractivity contribution in [2.75, 3.05) is 12.0 Å². The Labute approximate surface area is 101 Å². The van der Waals surface area contributed by atoms with Gasteiger partial charge in [-0.25, -0.2) is 14.3 Å². The van der Waals surface area contributed by atoms with Gasteiger partial charge in [-0.1, -0.05) is 11.6 Å². The fourth-order valence-corrected chi connectivity index (χ4v) is 2.05. The molecule has 7 heteroatoms. The van der Waals surface area contributed by atoms with E-state index in [1.165, 1.54) is 16.3 Å². The van der Waals surface area contributed by atoms with Crippen molar-refractivity contribution in [3.63, 3.8) is 0 Å². The maximum atomic E-state index is 7.08. The molecule has 0 atom stereocenters. The first kappa shape index (κ1) is 11.0.